The van der Waals surface area contributed by atoms with E-state index in [1.807, 2.05) is 13.8 Å². The number of hydrogen-bond acceptors (Lipinski definition) is 6. The first-order valence-corrected chi connectivity index (χ1v) is 8.21. The van der Waals surface area contributed by atoms with Crippen LogP contribution in [0, 0.1) is 20.8 Å². The topological polar surface area (TPSA) is 112 Å². The smallest absolute Gasteiger partial charge is 0.335 e. The third-order valence-corrected chi connectivity index (χ3v) is 4.93. The number of aromatic carboxylic acids is 2. The lowest BCUT2D eigenvalue weighted by molar-refractivity contribution is 0.0696. The molecule has 0 saturated heterocycles. The molecule has 0 unspecified atom stereocenters. The summed E-state index contributed by atoms with van der Waals surface area (Å²) in [6.45, 7) is 5.73. The molecule has 2 aromatic heterocycles. The number of carboxylic acid groups (broad SMARTS) is 2. The second-order valence-corrected chi connectivity index (χ2v) is 6.82. The lowest BCUT2D eigenvalue weighted by atomic mass is 10.1. The maximum absolute atomic E-state index is 11.3. The van der Waals surface area contributed by atoms with Crippen molar-refractivity contribution in [2.45, 2.75) is 20.8 Å². The number of anilines is 2. The number of carbonyl (C=O) groups is 2. The summed E-state index contributed by atoms with van der Waals surface area (Å²) in [7, 11) is 0. The molecule has 3 aromatic rings. The van der Waals surface area contributed by atoms with Crippen LogP contribution in [0.25, 0.3) is 10.2 Å². The van der Waals surface area contributed by atoms with Crippen LogP contribution >= 0.6 is 11.3 Å². The van der Waals surface area contributed by atoms with Gasteiger partial charge < -0.3 is 15.5 Å². The van der Waals surface area contributed by atoms with E-state index in [0.29, 0.717) is 17.3 Å². The van der Waals surface area contributed by atoms with Crippen LogP contribution in [0.2, 0.25) is 0 Å². The summed E-state index contributed by atoms with van der Waals surface area (Å²) in [6.07, 6.45) is 0. The Morgan fingerprint density at radius 1 is 1.00 bits per heavy atom. The van der Waals surface area contributed by atoms with Crippen LogP contribution in [0.4, 0.5) is 11.5 Å². The van der Waals surface area contributed by atoms with Crippen molar-refractivity contribution < 1.29 is 19.8 Å². The Hall–Kier alpha value is -3.00. The molecular formula is C17H15N3O4S. The van der Waals surface area contributed by atoms with Gasteiger partial charge in [0.1, 0.15) is 16.5 Å². The molecule has 0 saturated carbocycles. The zero-order valence-corrected chi connectivity index (χ0v) is 14.6. The summed E-state index contributed by atoms with van der Waals surface area (Å²) in [5.41, 5.74) is 1.17. The molecule has 2 heterocycles. The van der Waals surface area contributed by atoms with E-state index in [0.717, 1.165) is 26.7 Å². The largest absolute Gasteiger partial charge is 0.478 e. The summed E-state index contributed by atoms with van der Waals surface area (Å²) in [6, 6.07) is 3.88. The molecule has 0 bridgehead atoms. The molecule has 7 nitrogen and oxygen atoms in total. The van der Waals surface area contributed by atoms with E-state index < -0.39 is 11.9 Å². The molecule has 0 aliphatic rings. The third kappa shape index (κ3) is 3.16. The minimum absolute atomic E-state index is 0.109. The van der Waals surface area contributed by atoms with Gasteiger partial charge in [-0.3, -0.25) is 0 Å². The van der Waals surface area contributed by atoms with Gasteiger partial charge in [0.25, 0.3) is 0 Å². The Balaban J connectivity index is 2.16. The second-order valence-electron chi connectivity index (χ2n) is 5.62. The molecule has 0 atom stereocenters. The quantitative estimate of drug-likeness (QED) is 0.651. The van der Waals surface area contributed by atoms with Crippen molar-refractivity contribution in [3.05, 3.63) is 45.6 Å². The Labute approximate surface area is 147 Å². The number of fused-ring (bicyclic) bond motifs is 1. The van der Waals surface area contributed by atoms with Crippen molar-refractivity contribution in [3.8, 4) is 0 Å². The van der Waals surface area contributed by atoms with E-state index in [-0.39, 0.29) is 11.1 Å². The summed E-state index contributed by atoms with van der Waals surface area (Å²) < 4.78 is 0. The van der Waals surface area contributed by atoms with Crippen LogP contribution in [0.5, 0.6) is 0 Å². The van der Waals surface area contributed by atoms with E-state index in [1.54, 1.807) is 18.3 Å². The van der Waals surface area contributed by atoms with Crippen LogP contribution in [-0.4, -0.2) is 32.1 Å². The predicted octanol–water partition coefficient (Wildman–Crippen LogP) is 3.76. The summed E-state index contributed by atoms with van der Waals surface area (Å²) in [5.74, 6) is -1.29. The number of benzene rings is 1. The van der Waals surface area contributed by atoms with Crippen molar-refractivity contribution in [3.63, 3.8) is 0 Å². The van der Waals surface area contributed by atoms with Gasteiger partial charge >= 0.3 is 11.9 Å². The van der Waals surface area contributed by atoms with Gasteiger partial charge in [-0.15, -0.1) is 11.3 Å². The van der Waals surface area contributed by atoms with E-state index in [9.17, 15) is 19.8 Å². The number of carboxylic acids is 2. The molecule has 3 N–H and O–H groups in total. The molecule has 0 fully saturated rings. The van der Waals surface area contributed by atoms with Crippen LogP contribution < -0.4 is 5.32 Å². The lowest BCUT2D eigenvalue weighted by Gasteiger charge is -2.10. The van der Waals surface area contributed by atoms with Crippen LogP contribution in [0.15, 0.2) is 18.2 Å². The first kappa shape index (κ1) is 16.8. The van der Waals surface area contributed by atoms with Gasteiger partial charge in [0.15, 0.2) is 0 Å². The first-order chi connectivity index (χ1) is 11.8. The Bertz CT molecular complexity index is 994. The zero-order valence-electron chi connectivity index (χ0n) is 13.7. The standard InChI is InChI=1S/C17H15N3O4S/c1-7-8(2)25-15-13(7)14(18-9(3)19-15)20-12-5-10(16(21)22)4-11(6-12)17(23)24/h4-6H,1-3H3,(H,21,22)(H,23,24)(H,18,19,20). The van der Waals surface area contributed by atoms with Crippen LogP contribution in [0.1, 0.15) is 37.0 Å². The zero-order chi connectivity index (χ0) is 18.3. The van der Waals surface area contributed by atoms with E-state index >= 15 is 0 Å². The van der Waals surface area contributed by atoms with Gasteiger partial charge in [-0.05, 0) is 44.5 Å². The van der Waals surface area contributed by atoms with Crippen molar-refractivity contribution in [1.82, 2.24) is 9.97 Å². The fourth-order valence-electron chi connectivity index (χ4n) is 2.53. The minimum Gasteiger partial charge on any atom is -0.478 e. The number of aryl methyl sites for hydroxylation is 3. The molecule has 1 aromatic carbocycles. The number of rotatable bonds is 4. The number of nitrogens with zero attached hydrogens (tertiary/aromatic N) is 2. The molecule has 0 radical (unpaired) electrons. The molecule has 128 valence electrons. The van der Waals surface area contributed by atoms with E-state index in [1.165, 1.54) is 12.1 Å². The van der Waals surface area contributed by atoms with Gasteiger partial charge in [0, 0.05) is 10.6 Å². The van der Waals surface area contributed by atoms with Crippen molar-refractivity contribution in [2.75, 3.05) is 5.32 Å². The van der Waals surface area contributed by atoms with E-state index in [4.69, 9.17) is 0 Å². The highest BCUT2D eigenvalue weighted by Gasteiger charge is 2.16. The molecule has 0 amide bonds. The molecular weight excluding hydrogens is 342 g/mol. The SMILES string of the molecule is Cc1nc(Nc2cc(C(=O)O)cc(C(=O)O)c2)c2c(C)c(C)sc2n1. The van der Waals surface area contributed by atoms with Gasteiger partial charge in [-0.1, -0.05) is 0 Å². The maximum Gasteiger partial charge on any atom is 0.335 e. The molecule has 0 spiro atoms. The minimum atomic E-state index is -1.20. The number of thiophene rings is 1. The Kier molecular flexibility index (Phi) is 4.13. The number of aromatic nitrogens is 2. The maximum atomic E-state index is 11.3. The monoisotopic (exact) mass is 357 g/mol. The highest BCUT2D eigenvalue weighted by Crippen LogP contribution is 2.34. The van der Waals surface area contributed by atoms with Crippen LogP contribution in [0.3, 0.4) is 0 Å². The van der Waals surface area contributed by atoms with Gasteiger partial charge in [-0.25, -0.2) is 19.6 Å². The highest BCUT2D eigenvalue weighted by atomic mass is 32.1. The van der Waals surface area contributed by atoms with Gasteiger partial charge in [0.05, 0.1) is 16.5 Å². The first-order valence-electron chi connectivity index (χ1n) is 7.39. The summed E-state index contributed by atoms with van der Waals surface area (Å²) in [4.78, 5) is 33.3. The van der Waals surface area contributed by atoms with Crippen LogP contribution in [-0.2, 0) is 0 Å². The number of nitrogens with one attached hydrogen (secondary N) is 1. The van der Waals surface area contributed by atoms with Crippen molar-refractivity contribution in [2.24, 2.45) is 0 Å². The fourth-order valence-corrected chi connectivity index (χ4v) is 3.60. The van der Waals surface area contributed by atoms with E-state index in [2.05, 4.69) is 15.3 Å². The summed E-state index contributed by atoms with van der Waals surface area (Å²) in [5, 5.41) is 22.3. The second kappa shape index (κ2) is 6.14. The average Bonchev–Trinajstić information content (AvgIpc) is 2.81. The Morgan fingerprint density at radius 2 is 1.60 bits per heavy atom. The normalized spacial score (nSPS) is 10.8. The average molecular weight is 357 g/mol. The molecule has 0 aliphatic heterocycles. The summed E-state index contributed by atoms with van der Waals surface area (Å²) >= 11 is 1.55. The Morgan fingerprint density at radius 3 is 2.16 bits per heavy atom. The fraction of sp³-hybridized carbons (Fsp3) is 0.176. The lowest BCUT2D eigenvalue weighted by Crippen LogP contribution is -2.05. The van der Waals surface area contributed by atoms with Gasteiger partial charge in [-0.2, -0.15) is 0 Å². The van der Waals surface area contributed by atoms with Gasteiger partial charge in [0.2, 0.25) is 0 Å². The molecule has 25 heavy (non-hydrogen) atoms. The van der Waals surface area contributed by atoms with Crippen molar-refractivity contribution in [1.29, 1.82) is 0 Å². The highest BCUT2D eigenvalue weighted by molar-refractivity contribution is 7.18. The third-order valence-electron chi connectivity index (χ3n) is 3.83. The number of hydrogen-bond donors (Lipinski definition) is 3. The molecule has 0 aliphatic carbocycles. The molecule has 8 heteroatoms. The van der Waals surface area contributed by atoms with Crippen molar-refractivity contribution >= 4 is 45.0 Å². The molecule has 3 rings (SSSR count). The predicted molar refractivity (Wildman–Crippen MR) is 95.3 cm³/mol.